The zero-order valence-corrected chi connectivity index (χ0v) is 64.6. The van der Waals surface area contributed by atoms with Crippen LogP contribution in [0, 0.1) is 0 Å². The minimum Gasteiger partial charge on any atom is -0.505 e. The lowest BCUT2D eigenvalue weighted by molar-refractivity contribution is 0.136. The second-order valence-electron chi connectivity index (χ2n) is 22.9. The van der Waals surface area contributed by atoms with E-state index < -0.39 is 109 Å². The molecular formula is C64H101N11O32S5. The summed E-state index contributed by atoms with van der Waals surface area (Å²) in [6, 6.07) is 12.8. The Kier molecular flexibility index (Phi) is 48.6. The average molecular weight is 1700 g/mol. The minimum atomic E-state index is -5.26. The van der Waals surface area contributed by atoms with Gasteiger partial charge in [0.1, 0.15) is 31.0 Å². The number of fused-ring (bicyclic) bond motifs is 2. The van der Waals surface area contributed by atoms with Gasteiger partial charge >= 0.3 is 0 Å². The first-order chi connectivity index (χ1) is 52.8. The summed E-state index contributed by atoms with van der Waals surface area (Å²) < 4.78 is 171. The monoisotopic (exact) mass is 1700 g/mol. The Bertz CT molecular complexity index is 4340. The lowest BCUT2D eigenvalue weighted by atomic mass is 10.1. The molecule has 0 atom stereocenters. The number of rotatable bonds is 41. The molecule has 0 aliphatic rings. The Morgan fingerprint density at radius 2 is 0.580 bits per heavy atom. The molecule has 0 heterocycles. The van der Waals surface area contributed by atoms with Gasteiger partial charge in [-0.3, -0.25) is 47.3 Å². The number of aromatic hydroxyl groups is 2. The molecule has 112 heavy (non-hydrogen) atoms. The van der Waals surface area contributed by atoms with Gasteiger partial charge in [-0.2, -0.15) is 52.3 Å². The van der Waals surface area contributed by atoms with Crippen LogP contribution in [-0.4, -0.2) is 373 Å². The number of nitrogens with two attached hydrogens (primary N) is 2. The van der Waals surface area contributed by atoms with Gasteiger partial charge in [-0.25, -0.2) is 0 Å². The van der Waals surface area contributed by atoms with Crippen molar-refractivity contribution in [3.63, 3.8) is 0 Å². The standard InChI is InChI=1S/C34H26N6O17S5.5C6H15NO3/c35-20-6-3-18-10-28(61(52,53)54)31(33(41)24(18)12-20)39-37-21-7-4-16(26(13-21)59(46,47)48)1-2-17-5-8-22(14-27(17)60(49,50)51)38-40-32-29(62(55,56)57)11-19-9-23(58(43,44)45)15-25(36)30(19)34(32)42;5*8-4-1-7(2-5-9)3-6-10/h1-15,41-42H,35-36H2,(H,43,44,45)(H,46,47,48)(H,49,50,51)(H,52,53,54)(H,55,56,57);5*8-10H,1-6H2. The van der Waals surface area contributed by atoms with Crippen LogP contribution in [-0.2, 0) is 50.6 Å². The lowest BCUT2D eigenvalue weighted by Gasteiger charge is -2.17. The minimum absolute atomic E-state index is 0.0214. The third-order valence-electron chi connectivity index (χ3n) is 14.9. The topological polar surface area (TPSA) is 733 Å². The maximum absolute atomic E-state index is 12.5. The summed E-state index contributed by atoms with van der Waals surface area (Å²) in [7, 11) is -25.4. The number of phenolic OH excluding ortho intramolecular Hbond substituents is 2. The second-order valence-corrected chi connectivity index (χ2v) is 29.8. The van der Waals surface area contributed by atoms with E-state index >= 15 is 0 Å². The molecule has 0 aromatic heterocycles. The molecule has 6 rings (SSSR count). The van der Waals surface area contributed by atoms with Gasteiger partial charge in [-0.1, -0.05) is 30.4 Å². The molecule has 0 spiro atoms. The molecule has 0 aliphatic carbocycles. The summed E-state index contributed by atoms with van der Waals surface area (Å²) in [5.74, 6) is -1.81. The predicted octanol–water partition coefficient (Wildman–Crippen LogP) is -2.87. The van der Waals surface area contributed by atoms with Gasteiger partial charge in [0.2, 0.25) is 0 Å². The van der Waals surface area contributed by atoms with Crippen molar-refractivity contribution < 1.29 is 152 Å². The molecule has 0 unspecified atom stereocenters. The Balaban J connectivity index is 0.000000997. The van der Waals surface area contributed by atoms with Gasteiger partial charge in [-0.15, -0.1) is 10.2 Å². The van der Waals surface area contributed by atoms with Crippen LogP contribution < -0.4 is 11.5 Å². The van der Waals surface area contributed by atoms with Gasteiger partial charge in [0.15, 0.2) is 11.5 Å². The van der Waals surface area contributed by atoms with Crippen molar-refractivity contribution in [3.8, 4) is 11.5 Å². The van der Waals surface area contributed by atoms with Crippen LogP contribution in [0.25, 0.3) is 33.7 Å². The highest BCUT2D eigenvalue weighted by Gasteiger charge is 2.27. The molecule has 48 heteroatoms. The fraction of sp³-hybridized carbons (Fsp3) is 0.469. The summed E-state index contributed by atoms with van der Waals surface area (Å²) >= 11 is 0. The summed E-state index contributed by atoms with van der Waals surface area (Å²) in [5, 5.41) is 163. The van der Waals surface area contributed by atoms with E-state index in [4.69, 9.17) is 88.1 Å². The van der Waals surface area contributed by atoms with Crippen LogP contribution >= 0.6 is 0 Å². The van der Waals surface area contributed by atoms with Crippen molar-refractivity contribution >= 4 is 118 Å². The summed E-state index contributed by atoms with van der Waals surface area (Å²) in [4.78, 5) is 4.43. The number of nitrogen functional groups attached to an aromatic ring is 2. The van der Waals surface area contributed by atoms with E-state index in [1.807, 2.05) is 0 Å². The van der Waals surface area contributed by atoms with Crippen molar-refractivity contribution in [2.45, 2.75) is 24.5 Å². The molecule has 6 aromatic carbocycles. The summed E-state index contributed by atoms with van der Waals surface area (Å²) in [5.41, 5.74) is 8.15. The molecule has 0 amide bonds. The Labute approximate surface area is 646 Å². The molecule has 0 saturated carbocycles. The number of anilines is 2. The number of hydrogen-bond acceptors (Lipinski definition) is 38. The predicted molar refractivity (Wildman–Crippen MR) is 408 cm³/mol. The normalized spacial score (nSPS) is 12.2. The van der Waals surface area contributed by atoms with E-state index in [9.17, 15) is 75.1 Å². The van der Waals surface area contributed by atoms with E-state index in [0.29, 0.717) is 110 Å². The van der Waals surface area contributed by atoms with Gasteiger partial charge in [0, 0.05) is 120 Å². The number of azo groups is 2. The second kappa shape index (κ2) is 53.0. The molecule has 634 valence electrons. The summed E-state index contributed by atoms with van der Waals surface area (Å²) in [6.45, 7) is 8.77. The zero-order chi connectivity index (χ0) is 85.0. The van der Waals surface area contributed by atoms with Crippen LogP contribution in [0.5, 0.6) is 11.5 Å². The van der Waals surface area contributed by atoms with Crippen LogP contribution in [0.15, 0.2) is 124 Å². The highest BCUT2D eigenvalue weighted by Crippen LogP contribution is 2.45. The fourth-order valence-electron chi connectivity index (χ4n) is 9.67. The fourth-order valence-corrected chi connectivity index (χ4v) is 12.9. The third kappa shape index (κ3) is 36.9. The molecule has 0 fully saturated rings. The molecule has 0 saturated heterocycles. The highest BCUT2D eigenvalue weighted by atomic mass is 32.2. The van der Waals surface area contributed by atoms with Gasteiger partial charge in [0.25, 0.3) is 50.6 Å². The molecule has 0 bridgehead atoms. The maximum atomic E-state index is 12.5. The number of nitrogens with zero attached hydrogens (tertiary/aromatic N) is 9. The van der Waals surface area contributed by atoms with Crippen LogP contribution in [0.3, 0.4) is 0 Å². The molecular weight excluding hydrogens is 1600 g/mol. The van der Waals surface area contributed by atoms with Crippen molar-refractivity contribution in [3.05, 3.63) is 90.0 Å². The van der Waals surface area contributed by atoms with Crippen molar-refractivity contribution in [2.75, 3.05) is 209 Å². The molecule has 26 N–H and O–H groups in total. The van der Waals surface area contributed by atoms with Crippen LogP contribution in [0.2, 0.25) is 0 Å². The number of benzene rings is 6. The van der Waals surface area contributed by atoms with Gasteiger partial charge < -0.3 is 98.3 Å². The zero-order valence-electron chi connectivity index (χ0n) is 60.5. The smallest absolute Gasteiger partial charge is 0.296 e. The number of aliphatic hydroxyl groups excluding tert-OH is 15. The van der Waals surface area contributed by atoms with E-state index in [-0.39, 0.29) is 143 Å². The van der Waals surface area contributed by atoms with Crippen LogP contribution in [0.1, 0.15) is 11.1 Å². The van der Waals surface area contributed by atoms with Gasteiger partial charge in [0.05, 0.1) is 115 Å². The average Bonchev–Trinajstić information content (AvgIpc) is 0.764. The Morgan fingerprint density at radius 1 is 0.304 bits per heavy atom. The molecule has 43 nitrogen and oxygen atoms in total. The third-order valence-corrected chi connectivity index (χ3v) is 19.2. The highest BCUT2D eigenvalue weighted by molar-refractivity contribution is 7.87. The van der Waals surface area contributed by atoms with E-state index in [1.165, 1.54) is 18.2 Å². The Hall–Kier alpha value is -7.27. The van der Waals surface area contributed by atoms with Gasteiger partial charge in [-0.05, 0) is 82.6 Å². The summed E-state index contributed by atoms with van der Waals surface area (Å²) in [6.07, 6.45) is 1.95. The van der Waals surface area contributed by atoms with E-state index in [1.54, 1.807) is 24.5 Å². The van der Waals surface area contributed by atoms with E-state index in [2.05, 4.69) is 20.5 Å². The SMILES string of the molecule is Nc1ccc2cc(S(=O)(=O)O)c(N=Nc3ccc(C=Cc4ccc(N=Nc5c(S(=O)(=O)O)cc6cc(S(=O)(=O)O)cc(N)c6c5O)cc4S(=O)(=O)O)c(S(=O)(=O)O)c3)c(O)c2c1.OCCN(CCO)CCO.OCCN(CCO)CCO.OCCN(CCO)CCO.OCCN(CCO)CCO.OCCN(CCO)CCO. The first kappa shape index (κ1) is 103. The number of aliphatic hydroxyl groups is 15. The quantitative estimate of drug-likeness (QED) is 0.00794. The molecule has 0 aliphatic heterocycles. The first-order valence-electron chi connectivity index (χ1n) is 33.3. The Morgan fingerprint density at radius 3 is 0.848 bits per heavy atom. The number of hydrogen-bond donors (Lipinski definition) is 24. The first-order valence-corrected chi connectivity index (χ1v) is 40.5. The van der Waals surface area contributed by atoms with Crippen molar-refractivity contribution in [2.24, 2.45) is 20.5 Å². The maximum Gasteiger partial charge on any atom is 0.296 e. The number of phenols is 2. The molecule has 0 radical (unpaired) electrons. The largest absolute Gasteiger partial charge is 0.505 e. The van der Waals surface area contributed by atoms with E-state index in [0.717, 1.165) is 60.7 Å². The lowest BCUT2D eigenvalue weighted by Crippen LogP contribution is -2.32. The molecule has 6 aromatic rings. The van der Waals surface area contributed by atoms with Crippen molar-refractivity contribution in [1.29, 1.82) is 0 Å². The van der Waals surface area contributed by atoms with Crippen molar-refractivity contribution in [1.82, 2.24) is 24.5 Å². The van der Waals surface area contributed by atoms with Crippen LogP contribution in [0.4, 0.5) is 34.1 Å².